The monoisotopic (exact) mass is 543 g/mol. The molecule has 0 spiro atoms. The summed E-state index contributed by atoms with van der Waals surface area (Å²) in [6.07, 6.45) is 0.126. The average Bonchev–Trinajstić information content (AvgIpc) is 2.71. The first-order chi connectivity index (χ1) is 14.9. The van der Waals surface area contributed by atoms with Gasteiger partial charge in [-0.15, -0.1) is 0 Å². The Kier molecular flexibility index (Phi) is 10.1. The summed E-state index contributed by atoms with van der Waals surface area (Å²) in [5.41, 5.74) is 1.06. The molecule has 1 amide bonds. The van der Waals surface area contributed by atoms with Crippen LogP contribution in [0.3, 0.4) is 0 Å². The van der Waals surface area contributed by atoms with Crippen LogP contribution in [-0.4, -0.2) is 36.0 Å². The number of carbonyl (C=O) groups is 1. The van der Waals surface area contributed by atoms with Gasteiger partial charge in [0.2, 0.25) is 5.91 Å². The van der Waals surface area contributed by atoms with E-state index in [1.54, 1.807) is 41.9 Å². The number of rotatable bonds is 8. The Balaban J connectivity index is 2.23. The summed E-state index contributed by atoms with van der Waals surface area (Å²) < 4.78 is 41.1. The predicted molar refractivity (Wildman–Crippen MR) is 130 cm³/mol. The van der Waals surface area contributed by atoms with E-state index < -0.39 is 12.1 Å². The van der Waals surface area contributed by atoms with Gasteiger partial charge in [0.1, 0.15) is 0 Å². The fourth-order valence-corrected chi connectivity index (χ4v) is 4.13. The Morgan fingerprint density at radius 3 is 2.25 bits per heavy atom. The Labute approximate surface area is 209 Å². The maximum atomic E-state index is 13.7. The zero-order valence-electron chi connectivity index (χ0n) is 17.1. The van der Waals surface area contributed by atoms with Gasteiger partial charge < -0.3 is 4.90 Å². The normalized spacial score (nSPS) is 12.9. The quantitative estimate of drug-likeness (QED) is 0.311. The highest BCUT2D eigenvalue weighted by atomic mass is 35.5. The lowest BCUT2D eigenvalue weighted by atomic mass is 9.97. The van der Waals surface area contributed by atoms with Gasteiger partial charge in [0, 0.05) is 30.8 Å². The fraction of sp³-hybridized carbons (Fsp3) is 0.318. The number of benzene rings is 2. The molecule has 0 aromatic heterocycles. The molecule has 2 aromatic rings. The van der Waals surface area contributed by atoms with Crippen molar-refractivity contribution >= 4 is 70.1 Å². The van der Waals surface area contributed by atoms with E-state index in [0.717, 1.165) is 24.0 Å². The first kappa shape index (κ1) is 27.2. The molecule has 0 saturated carbocycles. The minimum atomic E-state index is -4.57. The SMILES string of the molecule is CSCCC(=O)N(C)Cc1ccc(C=CC(c2cc(Cl)c(Cl)c(Cl)c2)C(F)(F)F)cc1Cl. The van der Waals surface area contributed by atoms with Crippen LogP contribution in [0.2, 0.25) is 20.1 Å². The Bertz CT molecular complexity index is 975. The Hall–Kier alpha value is -1.05. The Morgan fingerprint density at radius 1 is 1.09 bits per heavy atom. The number of allylic oxidation sites excluding steroid dienone is 1. The summed E-state index contributed by atoms with van der Waals surface area (Å²) in [6.45, 7) is 0.309. The standard InChI is InChI=1S/C22H20Cl4F3NOS/c1-30(20(31)7-8-32-2)12-14-5-3-13(9-17(14)23)4-6-16(22(27,28)29)15-10-18(24)21(26)19(25)11-15/h3-6,9-11,16H,7-8,12H2,1-2H3. The highest BCUT2D eigenvalue weighted by Gasteiger charge is 2.39. The molecule has 0 saturated heterocycles. The third-order valence-corrected chi connectivity index (χ3v) is 6.79. The molecule has 2 rings (SSSR count). The molecule has 174 valence electrons. The molecule has 1 atom stereocenters. The van der Waals surface area contributed by atoms with Crippen LogP contribution in [0, 0.1) is 0 Å². The van der Waals surface area contributed by atoms with Gasteiger partial charge in [-0.1, -0.05) is 70.7 Å². The van der Waals surface area contributed by atoms with Crippen LogP contribution in [0.4, 0.5) is 13.2 Å². The molecule has 0 radical (unpaired) electrons. The van der Waals surface area contributed by atoms with Crippen LogP contribution >= 0.6 is 58.2 Å². The van der Waals surface area contributed by atoms with Crippen LogP contribution < -0.4 is 0 Å². The zero-order valence-corrected chi connectivity index (χ0v) is 21.0. The van der Waals surface area contributed by atoms with Gasteiger partial charge in [0.05, 0.1) is 21.0 Å². The van der Waals surface area contributed by atoms with Crippen molar-refractivity contribution in [2.75, 3.05) is 19.1 Å². The molecule has 2 nitrogen and oxygen atoms in total. The minimum Gasteiger partial charge on any atom is -0.341 e. The maximum Gasteiger partial charge on any atom is 0.399 e. The van der Waals surface area contributed by atoms with Gasteiger partial charge in [-0.25, -0.2) is 0 Å². The van der Waals surface area contributed by atoms with E-state index in [4.69, 9.17) is 46.4 Å². The van der Waals surface area contributed by atoms with Gasteiger partial charge in [-0.3, -0.25) is 4.79 Å². The van der Waals surface area contributed by atoms with E-state index in [1.165, 1.54) is 6.08 Å². The first-order valence-corrected chi connectivity index (χ1v) is 12.2. The van der Waals surface area contributed by atoms with E-state index in [9.17, 15) is 18.0 Å². The Morgan fingerprint density at radius 2 is 1.72 bits per heavy atom. The molecule has 1 unspecified atom stereocenters. The van der Waals surface area contributed by atoms with Crippen molar-refractivity contribution in [3.63, 3.8) is 0 Å². The van der Waals surface area contributed by atoms with E-state index in [0.29, 0.717) is 29.1 Å². The summed E-state index contributed by atoms with van der Waals surface area (Å²) in [5.74, 6) is -1.22. The van der Waals surface area contributed by atoms with Crippen molar-refractivity contribution in [3.05, 3.63) is 73.2 Å². The summed E-state index contributed by atoms with van der Waals surface area (Å²) >= 11 is 25.6. The van der Waals surface area contributed by atoms with Gasteiger partial charge >= 0.3 is 6.18 Å². The molecule has 0 aliphatic heterocycles. The molecule has 0 aliphatic carbocycles. The predicted octanol–water partition coefficient (Wildman–Crippen LogP) is 8.37. The molecular formula is C22H20Cl4F3NOS. The highest BCUT2D eigenvalue weighted by molar-refractivity contribution is 7.98. The molecule has 2 aromatic carbocycles. The second-order valence-electron chi connectivity index (χ2n) is 7.02. The van der Waals surface area contributed by atoms with E-state index in [-0.39, 0.29) is 26.5 Å². The van der Waals surface area contributed by atoms with Crippen LogP contribution in [0.25, 0.3) is 6.08 Å². The molecule has 0 aliphatic rings. The number of carbonyl (C=O) groups excluding carboxylic acids is 1. The van der Waals surface area contributed by atoms with Crippen molar-refractivity contribution in [2.24, 2.45) is 0 Å². The van der Waals surface area contributed by atoms with Crippen LogP contribution in [0.1, 0.15) is 29.0 Å². The van der Waals surface area contributed by atoms with Gasteiger partial charge in [0.15, 0.2) is 0 Å². The smallest absolute Gasteiger partial charge is 0.341 e. The number of alkyl halides is 3. The number of halogens is 7. The molecule has 10 heteroatoms. The van der Waals surface area contributed by atoms with E-state index in [1.807, 2.05) is 6.26 Å². The number of amides is 1. The molecular weight excluding hydrogens is 525 g/mol. The fourth-order valence-electron chi connectivity index (χ4n) is 2.89. The lowest BCUT2D eigenvalue weighted by molar-refractivity contribution is -0.139. The number of nitrogens with zero attached hydrogens (tertiary/aromatic N) is 1. The van der Waals surface area contributed by atoms with Crippen molar-refractivity contribution in [2.45, 2.75) is 25.1 Å². The lowest BCUT2D eigenvalue weighted by Crippen LogP contribution is -2.26. The van der Waals surface area contributed by atoms with Crippen molar-refractivity contribution in [1.29, 1.82) is 0 Å². The van der Waals surface area contributed by atoms with E-state index in [2.05, 4.69) is 0 Å². The second-order valence-corrected chi connectivity index (χ2v) is 9.61. The van der Waals surface area contributed by atoms with Gasteiger partial charge in [0.25, 0.3) is 0 Å². The molecule has 0 heterocycles. The summed E-state index contributed by atoms with van der Waals surface area (Å²) in [5, 5.41) is 0.250. The second kappa shape index (κ2) is 11.9. The van der Waals surface area contributed by atoms with Crippen LogP contribution in [0.5, 0.6) is 0 Å². The summed E-state index contributed by atoms with van der Waals surface area (Å²) in [4.78, 5) is 13.7. The topological polar surface area (TPSA) is 20.3 Å². The number of hydrogen-bond acceptors (Lipinski definition) is 2. The number of hydrogen-bond donors (Lipinski definition) is 0. The molecule has 0 fully saturated rings. The minimum absolute atomic E-state index is 0.00116. The number of thioether (sulfide) groups is 1. The van der Waals surface area contributed by atoms with Gasteiger partial charge in [-0.2, -0.15) is 24.9 Å². The van der Waals surface area contributed by atoms with Crippen molar-refractivity contribution in [1.82, 2.24) is 4.90 Å². The van der Waals surface area contributed by atoms with E-state index >= 15 is 0 Å². The zero-order chi connectivity index (χ0) is 24.1. The molecule has 0 bridgehead atoms. The lowest BCUT2D eigenvalue weighted by Gasteiger charge is -2.19. The van der Waals surface area contributed by atoms with Crippen LogP contribution in [0.15, 0.2) is 36.4 Å². The largest absolute Gasteiger partial charge is 0.399 e. The molecule has 0 N–H and O–H groups in total. The van der Waals surface area contributed by atoms with Crippen molar-refractivity contribution < 1.29 is 18.0 Å². The maximum absolute atomic E-state index is 13.7. The third kappa shape index (κ3) is 7.49. The van der Waals surface area contributed by atoms with Gasteiger partial charge in [-0.05, 0) is 41.1 Å². The summed E-state index contributed by atoms with van der Waals surface area (Å²) in [6, 6.07) is 7.20. The highest BCUT2D eigenvalue weighted by Crippen LogP contribution is 2.41. The van der Waals surface area contributed by atoms with Crippen LogP contribution in [-0.2, 0) is 11.3 Å². The van der Waals surface area contributed by atoms with Crippen molar-refractivity contribution in [3.8, 4) is 0 Å². The first-order valence-electron chi connectivity index (χ1n) is 9.34. The molecule has 32 heavy (non-hydrogen) atoms. The summed E-state index contributed by atoms with van der Waals surface area (Å²) in [7, 11) is 1.68. The third-order valence-electron chi connectivity index (χ3n) is 4.63. The average molecular weight is 545 g/mol.